The summed E-state index contributed by atoms with van der Waals surface area (Å²) in [5.74, 6) is 0.247. The highest BCUT2D eigenvalue weighted by Crippen LogP contribution is 2.34. The Morgan fingerprint density at radius 3 is 3.11 bits per heavy atom. The lowest BCUT2D eigenvalue weighted by Gasteiger charge is -2.23. The minimum absolute atomic E-state index is 0.0480. The van der Waals surface area contributed by atoms with Crippen LogP contribution in [0.3, 0.4) is 0 Å². The van der Waals surface area contributed by atoms with E-state index < -0.39 is 4.92 Å². The van der Waals surface area contributed by atoms with Gasteiger partial charge in [0, 0.05) is 19.2 Å². The number of nitro groups is 1. The molecule has 1 saturated heterocycles. The number of benzene rings is 1. The van der Waals surface area contributed by atoms with Crippen LogP contribution in [0.5, 0.6) is 5.75 Å². The van der Waals surface area contributed by atoms with Crippen LogP contribution in [0.15, 0.2) is 22.7 Å². The smallest absolute Gasteiger partial charge is 0.312 e. The molecule has 0 amide bonds. The van der Waals surface area contributed by atoms with Crippen LogP contribution in [0.4, 0.5) is 5.69 Å². The summed E-state index contributed by atoms with van der Waals surface area (Å²) in [5.41, 5.74) is -0.0480. The second-order valence-electron chi connectivity index (χ2n) is 3.85. The van der Waals surface area contributed by atoms with E-state index >= 15 is 0 Å². The maximum Gasteiger partial charge on any atom is 0.312 e. The van der Waals surface area contributed by atoms with Crippen molar-refractivity contribution < 1.29 is 14.4 Å². The van der Waals surface area contributed by atoms with Gasteiger partial charge in [0.25, 0.3) is 0 Å². The van der Waals surface area contributed by atoms with Crippen molar-refractivity contribution in [3.8, 4) is 5.75 Å². The van der Waals surface area contributed by atoms with Gasteiger partial charge in [0.15, 0.2) is 0 Å². The van der Waals surface area contributed by atoms with Crippen molar-refractivity contribution in [1.29, 1.82) is 0 Å². The Labute approximate surface area is 113 Å². The lowest BCUT2D eigenvalue weighted by molar-refractivity contribution is -0.386. The molecule has 6 nitrogen and oxygen atoms in total. The molecule has 1 aliphatic heterocycles. The van der Waals surface area contributed by atoms with Gasteiger partial charge in [-0.2, -0.15) is 0 Å². The van der Waals surface area contributed by atoms with E-state index in [9.17, 15) is 10.1 Å². The molecule has 2 rings (SSSR count). The number of nitrogens with zero attached hydrogens (tertiary/aromatic N) is 1. The third-order valence-corrected chi connectivity index (χ3v) is 3.19. The van der Waals surface area contributed by atoms with E-state index in [1.54, 1.807) is 12.1 Å². The largest absolute Gasteiger partial charge is 0.483 e. The van der Waals surface area contributed by atoms with Crippen molar-refractivity contribution in [2.24, 2.45) is 0 Å². The second kappa shape index (κ2) is 6.12. The highest BCUT2D eigenvalue weighted by Gasteiger charge is 2.20. The molecule has 0 aliphatic carbocycles. The number of halogens is 1. The fourth-order valence-electron chi connectivity index (χ4n) is 1.69. The number of nitro benzene ring substituents is 1. The Balaban J connectivity index is 2.05. The first-order valence-corrected chi connectivity index (χ1v) is 6.36. The van der Waals surface area contributed by atoms with Crippen molar-refractivity contribution in [2.75, 3.05) is 26.3 Å². The number of hydrogen-bond acceptors (Lipinski definition) is 5. The molecule has 0 spiro atoms. The quantitative estimate of drug-likeness (QED) is 0.676. The molecule has 1 aromatic rings. The Morgan fingerprint density at radius 1 is 1.61 bits per heavy atom. The van der Waals surface area contributed by atoms with Gasteiger partial charge in [-0.3, -0.25) is 10.1 Å². The minimum atomic E-state index is -0.458. The van der Waals surface area contributed by atoms with Crippen molar-refractivity contribution in [3.05, 3.63) is 32.8 Å². The van der Waals surface area contributed by atoms with Gasteiger partial charge in [-0.15, -0.1) is 0 Å². The third-order valence-electron chi connectivity index (χ3n) is 2.56. The van der Waals surface area contributed by atoms with Gasteiger partial charge < -0.3 is 14.8 Å². The maximum absolute atomic E-state index is 10.9. The molecule has 1 aromatic carbocycles. The van der Waals surface area contributed by atoms with Crippen LogP contribution in [0, 0.1) is 10.1 Å². The Morgan fingerprint density at radius 2 is 2.44 bits per heavy atom. The Hall–Kier alpha value is -1.18. The molecule has 7 heteroatoms. The lowest BCUT2D eigenvalue weighted by Crippen LogP contribution is -2.41. The van der Waals surface area contributed by atoms with Crippen LogP contribution < -0.4 is 10.1 Å². The summed E-state index contributed by atoms with van der Waals surface area (Å²) >= 11 is 3.25. The van der Waals surface area contributed by atoms with E-state index in [4.69, 9.17) is 9.47 Å². The van der Waals surface area contributed by atoms with Gasteiger partial charge in [-0.25, -0.2) is 0 Å². The standard InChI is InChI=1S/C11H13BrN2O4/c12-9-2-1-3-10(14(15)16)11(9)18-7-8-6-13-4-5-17-8/h1-3,8,13H,4-7H2. The number of ether oxygens (including phenoxy) is 2. The number of morpholine rings is 1. The van der Waals surface area contributed by atoms with E-state index in [1.807, 2.05) is 0 Å². The van der Waals surface area contributed by atoms with Gasteiger partial charge >= 0.3 is 5.69 Å². The first-order valence-electron chi connectivity index (χ1n) is 5.56. The van der Waals surface area contributed by atoms with E-state index in [-0.39, 0.29) is 24.1 Å². The maximum atomic E-state index is 10.9. The van der Waals surface area contributed by atoms with E-state index in [0.717, 1.165) is 6.54 Å². The summed E-state index contributed by atoms with van der Waals surface area (Å²) in [4.78, 5) is 10.4. The highest BCUT2D eigenvalue weighted by molar-refractivity contribution is 9.10. The molecule has 0 bridgehead atoms. The highest BCUT2D eigenvalue weighted by atomic mass is 79.9. The molecule has 0 aromatic heterocycles. The third kappa shape index (κ3) is 3.18. The SMILES string of the molecule is O=[N+]([O-])c1cccc(Br)c1OCC1CNCCO1. The fourth-order valence-corrected chi connectivity index (χ4v) is 2.16. The molecule has 1 N–H and O–H groups in total. The predicted octanol–water partition coefficient (Wildman–Crippen LogP) is 1.72. The molecule has 0 radical (unpaired) electrons. The summed E-state index contributed by atoms with van der Waals surface area (Å²) in [6, 6.07) is 4.73. The molecule has 18 heavy (non-hydrogen) atoms. The van der Waals surface area contributed by atoms with Gasteiger partial charge in [0.1, 0.15) is 12.7 Å². The average molecular weight is 317 g/mol. The van der Waals surface area contributed by atoms with E-state index in [2.05, 4.69) is 21.2 Å². The zero-order valence-corrected chi connectivity index (χ0v) is 11.2. The number of para-hydroxylation sites is 1. The van der Waals surface area contributed by atoms with Crippen molar-refractivity contribution >= 4 is 21.6 Å². The van der Waals surface area contributed by atoms with Crippen LogP contribution in [-0.2, 0) is 4.74 Å². The van der Waals surface area contributed by atoms with Crippen molar-refractivity contribution in [3.63, 3.8) is 0 Å². The number of hydrogen-bond donors (Lipinski definition) is 1. The second-order valence-corrected chi connectivity index (χ2v) is 4.71. The number of nitrogens with one attached hydrogen (secondary N) is 1. The van der Waals surface area contributed by atoms with E-state index in [0.29, 0.717) is 17.6 Å². The monoisotopic (exact) mass is 316 g/mol. The topological polar surface area (TPSA) is 73.6 Å². The molecule has 98 valence electrons. The number of rotatable bonds is 4. The Bertz CT molecular complexity index is 435. The van der Waals surface area contributed by atoms with Gasteiger partial charge in [-0.05, 0) is 22.0 Å². The zero-order valence-electron chi connectivity index (χ0n) is 9.60. The van der Waals surface area contributed by atoms with Crippen molar-refractivity contribution in [2.45, 2.75) is 6.10 Å². The molecule has 1 aliphatic rings. The van der Waals surface area contributed by atoms with Crippen LogP contribution in [0.1, 0.15) is 0 Å². The molecule has 1 fully saturated rings. The summed E-state index contributed by atoms with van der Waals surface area (Å²) in [6.45, 7) is 2.44. The Kier molecular flexibility index (Phi) is 4.51. The van der Waals surface area contributed by atoms with Gasteiger partial charge in [0.05, 0.1) is 16.0 Å². The average Bonchev–Trinajstić information content (AvgIpc) is 2.38. The fraction of sp³-hybridized carbons (Fsp3) is 0.455. The summed E-state index contributed by atoms with van der Waals surface area (Å²) in [5, 5.41) is 14.1. The molecule has 1 heterocycles. The van der Waals surface area contributed by atoms with Gasteiger partial charge in [0.2, 0.25) is 5.75 Å². The summed E-state index contributed by atoms with van der Waals surface area (Å²) in [7, 11) is 0. The van der Waals surface area contributed by atoms with Crippen LogP contribution in [0.2, 0.25) is 0 Å². The van der Waals surface area contributed by atoms with Gasteiger partial charge in [-0.1, -0.05) is 6.07 Å². The van der Waals surface area contributed by atoms with Crippen LogP contribution in [-0.4, -0.2) is 37.3 Å². The van der Waals surface area contributed by atoms with Crippen LogP contribution >= 0.6 is 15.9 Å². The summed E-state index contributed by atoms with van der Waals surface area (Å²) < 4.78 is 11.6. The zero-order chi connectivity index (χ0) is 13.0. The first-order chi connectivity index (χ1) is 8.68. The summed E-state index contributed by atoms with van der Waals surface area (Å²) in [6.07, 6.45) is -0.0783. The first kappa shape index (κ1) is 13.3. The molecular weight excluding hydrogens is 304 g/mol. The predicted molar refractivity (Wildman–Crippen MR) is 68.9 cm³/mol. The molecule has 1 atom stereocenters. The lowest BCUT2D eigenvalue weighted by atomic mass is 10.3. The molecular formula is C11H13BrN2O4. The molecule has 0 saturated carbocycles. The minimum Gasteiger partial charge on any atom is -0.483 e. The van der Waals surface area contributed by atoms with Crippen molar-refractivity contribution in [1.82, 2.24) is 5.32 Å². The molecule has 1 unspecified atom stereocenters. The van der Waals surface area contributed by atoms with E-state index in [1.165, 1.54) is 6.07 Å². The van der Waals surface area contributed by atoms with Crippen LogP contribution in [0.25, 0.3) is 0 Å². The normalized spacial score (nSPS) is 19.5.